The number of esters is 1. The number of ether oxygens (including phenoxy) is 3. The summed E-state index contributed by atoms with van der Waals surface area (Å²) < 4.78 is 14.1. The van der Waals surface area contributed by atoms with Crippen LogP contribution in [0.3, 0.4) is 0 Å². The molecule has 0 radical (unpaired) electrons. The molecule has 0 amide bonds. The van der Waals surface area contributed by atoms with Crippen molar-refractivity contribution in [2.75, 3.05) is 20.3 Å². The maximum absolute atomic E-state index is 10.5. The highest BCUT2D eigenvalue weighted by Gasteiger charge is 2.09. The molecular formula is C6H8O4. The first-order valence-corrected chi connectivity index (χ1v) is 2.88. The summed E-state index contributed by atoms with van der Waals surface area (Å²) in [5.74, 6) is -0.219. The first kappa shape index (κ1) is 6.92. The predicted octanol–water partition coefficient (Wildman–Crippen LogP) is 0.0476. The summed E-state index contributed by atoms with van der Waals surface area (Å²) in [5.41, 5.74) is 0. The average molecular weight is 144 g/mol. The van der Waals surface area contributed by atoms with Crippen molar-refractivity contribution in [2.24, 2.45) is 0 Å². The molecule has 1 rings (SSSR count). The molecule has 0 aromatic carbocycles. The minimum atomic E-state index is -0.461. The lowest BCUT2D eigenvalue weighted by molar-refractivity contribution is -0.135. The van der Waals surface area contributed by atoms with Gasteiger partial charge in [-0.25, -0.2) is 4.79 Å². The molecule has 0 aliphatic carbocycles. The minimum Gasteiger partial charge on any atom is -0.466 e. The Kier molecular flexibility index (Phi) is 2.15. The van der Waals surface area contributed by atoms with E-state index in [9.17, 15) is 4.79 Å². The van der Waals surface area contributed by atoms with Crippen LogP contribution in [0.15, 0.2) is 12.0 Å². The second-order valence-corrected chi connectivity index (χ2v) is 1.68. The largest absolute Gasteiger partial charge is 0.466 e. The van der Waals surface area contributed by atoms with E-state index in [4.69, 9.17) is 9.47 Å². The van der Waals surface area contributed by atoms with Crippen LogP contribution in [-0.4, -0.2) is 26.3 Å². The van der Waals surface area contributed by atoms with E-state index >= 15 is 0 Å². The van der Waals surface area contributed by atoms with Crippen LogP contribution < -0.4 is 0 Å². The predicted molar refractivity (Wildman–Crippen MR) is 32.0 cm³/mol. The van der Waals surface area contributed by atoms with Crippen LogP contribution in [0.5, 0.6) is 0 Å². The van der Waals surface area contributed by atoms with Crippen LogP contribution in [0.4, 0.5) is 0 Å². The third-order valence-electron chi connectivity index (χ3n) is 1.01. The van der Waals surface area contributed by atoms with Crippen LogP contribution in [0.25, 0.3) is 0 Å². The Hall–Kier alpha value is -1.19. The quantitative estimate of drug-likeness (QED) is 0.385. The third-order valence-corrected chi connectivity index (χ3v) is 1.01. The molecule has 10 heavy (non-hydrogen) atoms. The van der Waals surface area contributed by atoms with Gasteiger partial charge in [-0.3, -0.25) is 0 Å². The van der Waals surface area contributed by atoms with Gasteiger partial charge in [0.15, 0.2) is 0 Å². The highest BCUT2D eigenvalue weighted by molar-refractivity contribution is 5.81. The topological polar surface area (TPSA) is 44.8 Å². The van der Waals surface area contributed by atoms with Crippen molar-refractivity contribution in [1.82, 2.24) is 0 Å². The van der Waals surface area contributed by atoms with E-state index < -0.39 is 5.97 Å². The Morgan fingerprint density at radius 1 is 1.60 bits per heavy atom. The van der Waals surface area contributed by atoms with Crippen molar-refractivity contribution >= 4 is 5.97 Å². The summed E-state index contributed by atoms with van der Waals surface area (Å²) in [6.07, 6.45) is 1.17. The Balaban J connectivity index is 2.45. The summed E-state index contributed by atoms with van der Waals surface area (Å²) in [6, 6.07) is 0. The Morgan fingerprint density at radius 3 is 2.70 bits per heavy atom. The molecule has 0 saturated carbocycles. The molecule has 56 valence electrons. The molecule has 0 unspecified atom stereocenters. The highest BCUT2D eigenvalue weighted by Crippen LogP contribution is 2.06. The van der Waals surface area contributed by atoms with E-state index in [1.54, 1.807) is 0 Å². The van der Waals surface area contributed by atoms with Gasteiger partial charge in [0.05, 0.1) is 7.11 Å². The van der Waals surface area contributed by atoms with Gasteiger partial charge in [0, 0.05) is 0 Å². The number of carbonyl (C=O) groups excluding carboxylic acids is 1. The van der Waals surface area contributed by atoms with Crippen molar-refractivity contribution < 1.29 is 19.0 Å². The van der Waals surface area contributed by atoms with E-state index in [1.807, 2.05) is 0 Å². The van der Waals surface area contributed by atoms with E-state index in [0.29, 0.717) is 13.2 Å². The Bertz CT molecular complexity index is 153. The van der Waals surface area contributed by atoms with Gasteiger partial charge in [0.2, 0.25) is 0 Å². The van der Waals surface area contributed by atoms with Crippen LogP contribution in [0, 0.1) is 0 Å². The molecule has 1 aliphatic rings. The van der Waals surface area contributed by atoms with Gasteiger partial charge >= 0.3 is 5.97 Å². The monoisotopic (exact) mass is 144 g/mol. The third kappa shape index (κ3) is 1.65. The summed E-state index contributed by atoms with van der Waals surface area (Å²) in [7, 11) is 1.30. The zero-order valence-electron chi connectivity index (χ0n) is 5.62. The number of carbonyl (C=O) groups is 1. The van der Waals surface area contributed by atoms with Crippen LogP contribution >= 0.6 is 0 Å². The zero-order valence-corrected chi connectivity index (χ0v) is 5.62. The smallest absolute Gasteiger partial charge is 0.337 e. The second kappa shape index (κ2) is 3.10. The lowest BCUT2D eigenvalue weighted by atomic mass is 10.6. The lowest BCUT2D eigenvalue weighted by Gasteiger charge is -1.94. The molecule has 4 heteroatoms. The maximum atomic E-state index is 10.5. The SMILES string of the molecule is COC(=O)C=C1OCCO1. The van der Waals surface area contributed by atoms with Crippen LogP contribution in [0.1, 0.15) is 0 Å². The number of hydrogen-bond acceptors (Lipinski definition) is 4. The molecule has 1 heterocycles. The van der Waals surface area contributed by atoms with E-state index in [1.165, 1.54) is 13.2 Å². The summed E-state index contributed by atoms with van der Waals surface area (Å²) in [6.45, 7) is 1.01. The van der Waals surface area contributed by atoms with E-state index in [0.717, 1.165) is 0 Å². The number of hydrogen-bond donors (Lipinski definition) is 0. The number of methoxy groups -OCH3 is 1. The zero-order chi connectivity index (χ0) is 7.40. The van der Waals surface area contributed by atoms with Gasteiger partial charge in [0.1, 0.15) is 19.3 Å². The van der Waals surface area contributed by atoms with E-state index in [2.05, 4.69) is 4.74 Å². The fourth-order valence-corrected chi connectivity index (χ4v) is 0.565. The van der Waals surface area contributed by atoms with Gasteiger partial charge in [-0.2, -0.15) is 0 Å². The molecule has 0 atom stereocenters. The van der Waals surface area contributed by atoms with Crippen molar-refractivity contribution in [3.05, 3.63) is 12.0 Å². The normalized spacial score (nSPS) is 15.5. The fraction of sp³-hybridized carbons (Fsp3) is 0.500. The summed E-state index contributed by atoms with van der Waals surface area (Å²) in [4.78, 5) is 10.5. The Labute approximate surface area is 58.4 Å². The van der Waals surface area contributed by atoms with Crippen LogP contribution in [-0.2, 0) is 19.0 Å². The molecule has 0 N–H and O–H groups in total. The first-order chi connectivity index (χ1) is 4.83. The van der Waals surface area contributed by atoms with Crippen LogP contribution in [0.2, 0.25) is 0 Å². The molecule has 0 aromatic heterocycles. The molecule has 1 fully saturated rings. The highest BCUT2D eigenvalue weighted by atomic mass is 16.7. The van der Waals surface area contributed by atoms with Crippen molar-refractivity contribution in [2.45, 2.75) is 0 Å². The molecule has 0 bridgehead atoms. The van der Waals surface area contributed by atoms with Gasteiger partial charge in [0.25, 0.3) is 5.95 Å². The van der Waals surface area contributed by atoms with Gasteiger partial charge < -0.3 is 14.2 Å². The standard InChI is InChI=1S/C6H8O4/c1-8-5(7)4-6-9-2-3-10-6/h4H,2-3H2,1H3. The average Bonchev–Trinajstić information content (AvgIpc) is 2.40. The Morgan fingerprint density at radius 2 is 2.20 bits per heavy atom. The molecule has 1 aliphatic heterocycles. The first-order valence-electron chi connectivity index (χ1n) is 2.88. The molecule has 0 aromatic rings. The minimum absolute atomic E-state index is 0.242. The molecule has 0 spiro atoms. The molecule has 4 nitrogen and oxygen atoms in total. The fourth-order valence-electron chi connectivity index (χ4n) is 0.565. The summed E-state index contributed by atoms with van der Waals surface area (Å²) in [5, 5.41) is 0. The van der Waals surface area contributed by atoms with Gasteiger partial charge in [-0.15, -0.1) is 0 Å². The van der Waals surface area contributed by atoms with E-state index in [-0.39, 0.29) is 5.95 Å². The molecule has 1 saturated heterocycles. The lowest BCUT2D eigenvalue weighted by Crippen LogP contribution is -1.97. The summed E-state index contributed by atoms with van der Waals surface area (Å²) >= 11 is 0. The van der Waals surface area contributed by atoms with Gasteiger partial charge in [-0.1, -0.05) is 0 Å². The van der Waals surface area contributed by atoms with Crippen molar-refractivity contribution in [1.29, 1.82) is 0 Å². The van der Waals surface area contributed by atoms with Gasteiger partial charge in [-0.05, 0) is 0 Å². The van der Waals surface area contributed by atoms with Crippen molar-refractivity contribution in [3.63, 3.8) is 0 Å². The number of rotatable bonds is 1. The second-order valence-electron chi connectivity index (χ2n) is 1.68. The molecular weight excluding hydrogens is 136 g/mol. The van der Waals surface area contributed by atoms with Crippen molar-refractivity contribution in [3.8, 4) is 0 Å². The maximum Gasteiger partial charge on any atom is 0.337 e.